The molecule has 0 aliphatic heterocycles. The minimum Gasteiger partial charge on any atom is -0.491 e. The Balaban J connectivity index is 2.62. The Kier molecular flexibility index (Phi) is 5.36. The number of likely N-dealkylation sites (N-methyl/N-ethyl adjacent to an activating group) is 1. The topological polar surface area (TPSA) is 55.8 Å². The normalized spacial score (nSPS) is 10.2. The molecular weight excluding hydrogens is 246 g/mol. The van der Waals surface area contributed by atoms with E-state index in [0.29, 0.717) is 6.54 Å². The maximum absolute atomic E-state index is 11.5. The number of nitrogens with zero attached hydrogens (tertiary/aromatic N) is 1. The summed E-state index contributed by atoms with van der Waals surface area (Å²) in [4.78, 5) is 23.9. The number of amides is 1. The number of hydrogen-bond acceptors (Lipinski definition) is 4. The fourth-order valence-corrected chi connectivity index (χ4v) is 1.53. The van der Waals surface area contributed by atoms with Crippen molar-refractivity contribution >= 4 is 11.9 Å². The van der Waals surface area contributed by atoms with E-state index in [4.69, 9.17) is 4.74 Å². The van der Waals surface area contributed by atoms with Crippen LogP contribution >= 0.6 is 0 Å². The number of carbonyl (C=O) groups is 2. The first kappa shape index (κ1) is 15.0. The van der Waals surface area contributed by atoms with Crippen LogP contribution < -0.4 is 4.74 Å². The molecule has 0 saturated carbocycles. The summed E-state index contributed by atoms with van der Waals surface area (Å²) in [6, 6.07) is 7.40. The van der Waals surface area contributed by atoms with Crippen LogP contribution in [0.4, 0.5) is 0 Å². The Morgan fingerprint density at radius 3 is 2.26 bits per heavy atom. The largest absolute Gasteiger partial charge is 0.491 e. The molecule has 0 bridgehead atoms. The Morgan fingerprint density at radius 2 is 1.79 bits per heavy atom. The van der Waals surface area contributed by atoms with Crippen molar-refractivity contribution in [2.75, 3.05) is 14.2 Å². The first-order valence-corrected chi connectivity index (χ1v) is 6.03. The lowest BCUT2D eigenvalue weighted by Gasteiger charge is -2.16. The van der Waals surface area contributed by atoms with Gasteiger partial charge in [-0.25, -0.2) is 4.79 Å². The third kappa shape index (κ3) is 4.62. The monoisotopic (exact) mass is 265 g/mol. The first-order valence-electron chi connectivity index (χ1n) is 6.03. The van der Waals surface area contributed by atoms with E-state index in [1.165, 1.54) is 12.0 Å². The number of carbonyl (C=O) groups excluding carboxylic acids is 2. The Labute approximate surface area is 113 Å². The van der Waals surface area contributed by atoms with Gasteiger partial charge in [-0.2, -0.15) is 0 Å². The summed E-state index contributed by atoms with van der Waals surface area (Å²) in [5.41, 5.74) is 0.913. The van der Waals surface area contributed by atoms with Gasteiger partial charge in [0, 0.05) is 13.6 Å². The first-order chi connectivity index (χ1) is 8.93. The van der Waals surface area contributed by atoms with Crippen molar-refractivity contribution in [2.24, 2.45) is 0 Å². The smallest absolute Gasteiger partial charge is 0.396 e. The quantitative estimate of drug-likeness (QED) is 0.613. The summed E-state index contributed by atoms with van der Waals surface area (Å²) in [6.45, 7) is 4.25. The third-order valence-corrected chi connectivity index (χ3v) is 2.42. The SMILES string of the molecule is COC(=O)C(=O)N(C)Cc1ccc(OC(C)C)cc1. The lowest BCUT2D eigenvalue weighted by atomic mass is 10.2. The van der Waals surface area contributed by atoms with Gasteiger partial charge in [-0.15, -0.1) is 0 Å². The predicted octanol–water partition coefficient (Wildman–Crippen LogP) is 1.61. The summed E-state index contributed by atoms with van der Waals surface area (Å²) in [5.74, 6) is -0.743. The molecule has 5 nitrogen and oxygen atoms in total. The molecule has 0 fully saturated rings. The van der Waals surface area contributed by atoms with Crippen molar-refractivity contribution in [1.82, 2.24) is 4.90 Å². The van der Waals surface area contributed by atoms with E-state index in [0.717, 1.165) is 11.3 Å². The van der Waals surface area contributed by atoms with Gasteiger partial charge in [0.15, 0.2) is 0 Å². The Hall–Kier alpha value is -2.04. The number of esters is 1. The zero-order chi connectivity index (χ0) is 14.4. The highest BCUT2D eigenvalue weighted by molar-refractivity contribution is 6.32. The lowest BCUT2D eigenvalue weighted by Crippen LogP contribution is -2.33. The molecule has 0 spiro atoms. The van der Waals surface area contributed by atoms with Crippen LogP contribution in [0.3, 0.4) is 0 Å². The van der Waals surface area contributed by atoms with Crippen LogP contribution in [0.2, 0.25) is 0 Å². The van der Waals surface area contributed by atoms with Crippen molar-refractivity contribution in [3.05, 3.63) is 29.8 Å². The highest BCUT2D eigenvalue weighted by Gasteiger charge is 2.18. The second kappa shape index (κ2) is 6.78. The predicted molar refractivity (Wildman–Crippen MR) is 70.7 cm³/mol. The summed E-state index contributed by atoms with van der Waals surface area (Å²) >= 11 is 0. The second-order valence-electron chi connectivity index (χ2n) is 4.46. The molecule has 0 heterocycles. The van der Waals surface area contributed by atoms with Crippen LogP contribution in [-0.4, -0.2) is 37.0 Å². The number of benzene rings is 1. The molecule has 1 aromatic rings. The molecule has 0 aliphatic rings. The third-order valence-electron chi connectivity index (χ3n) is 2.42. The van der Waals surface area contributed by atoms with Gasteiger partial charge in [-0.05, 0) is 31.5 Å². The fraction of sp³-hybridized carbons (Fsp3) is 0.429. The van der Waals surface area contributed by atoms with E-state index in [2.05, 4.69) is 4.74 Å². The summed E-state index contributed by atoms with van der Waals surface area (Å²) in [6.07, 6.45) is 0.120. The van der Waals surface area contributed by atoms with Crippen molar-refractivity contribution in [1.29, 1.82) is 0 Å². The zero-order valence-corrected chi connectivity index (χ0v) is 11.7. The van der Waals surface area contributed by atoms with Crippen LogP contribution in [0, 0.1) is 0 Å². The summed E-state index contributed by atoms with van der Waals surface area (Å²) in [5, 5.41) is 0. The van der Waals surface area contributed by atoms with Crippen molar-refractivity contribution in [3.63, 3.8) is 0 Å². The maximum Gasteiger partial charge on any atom is 0.396 e. The van der Waals surface area contributed by atoms with E-state index in [-0.39, 0.29) is 6.10 Å². The zero-order valence-electron chi connectivity index (χ0n) is 11.7. The molecule has 1 aromatic carbocycles. The average molecular weight is 265 g/mol. The molecule has 0 saturated heterocycles. The second-order valence-corrected chi connectivity index (χ2v) is 4.46. The number of ether oxygens (including phenoxy) is 2. The van der Waals surface area contributed by atoms with Gasteiger partial charge in [0.05, 0.1) is 13.2 Å². The lowest BCUT2D eigenvalue weighted by molar-refractivity contribution is -0.157. The van der Waals surface area contributed by atoms with Gasteiger partial charge in [0.2, 0.25) is 0 Å². The van der Waals surface area contributed by atoms with Gasteiger partial charge in [0.1, 0.15) is 5.75 Å². The Morgan fingerprint density at radius 1 is 1.21 bits per heavy atom. The molecule has 19 heavy (non-hydrogen) atoms. The van der Waals surface area contributed by atoms with Crippen LogP contribution in [0.1, 0.15) is 19.4 Å². The molecule has 5 heteroatoms. The molecule has 0 aromatic heterocycles. The van der Waals surface area contributed by atoms with Gasteiger partial charge >= 0.3 is 11.9 Å². The molecule has 0 N–H and O–H groups in total. The number of hydrogen-bond donors (Lipinski definition) is 0. The molecule has 0 aliphatic carbocycles. The van der Waals surface area contributed by atoms with Crippen LogP contribution in [-0.2, 0) is 20.9 Å². The number of rotatable bonds is 4. The molecule has 104 valence electrons. The van der Waals surface area contributed by atoms with Crippen LogP contribution in [0.5, 0.6) is 5.75 Å². The van der Waals surface area contributed by atoms with Crippen molar-refractivity contribution < 1.29 is 19.1 Å². The minimum atomic E-state index is -0.859. The van der Waals surface area contributed by atoms with Crippen LogP contribution in [0.25, 0.3) is 0 Å². The Bertz CT molecular complexity index is 439. The average Bonchev–Trinajstić information content (AvgIpc) is 2.38. The van der Waals surface area contributed by atoms with E-state index in [9.17, 15) is 9.59 Å². The van der Waals surface area contributed by atoms with E-state index in [1.54, 1.807) is 7.05 Å². The molecule has 0 atom stereocenters. The maximum atomic E-state index is 11.5. The highest BCUT2D eigenvalue weighted by Crippen LogP contribution is 2.14. The van der Waals surface area contributed by atoms with Crippen molar-refractivity contribution in [2.45, 2.75) is 26.5 Å². The van der Waals surface area contributed by atoms with Gasteiger partial charge < -0.3 is 14.4 Å². The van der Waals surface area contributed by atoms with E-state index in [1.807, 2.05) is 38.1 Å². The number of methoxy groups -OCH3 is 1. The summed E-state index contributed by atoms with van der Waals surface area (Å²) in [7, 11) is 2.74. The molecule has 0 radical (unpaired) electrons. The minimum absolute atomic E-state index is 0.120. The molecular formula is C14H19NO4. The van der Waals surface area contributed by atoms with E-state index >= 15 is 0 Å². The van der Waals surface area contributed by atoms with Gasteiger partial charge in [0.25, 0.3) is 0 Å². The van der Waals surface area contributed by atoms with Crippen LogP contribution in [0.15, 0.2) is 24.3 Å². The van der Waals surface area contributed by atoms with Gasteiger partial charge in [-0.3, -0.25) is 4.79 Å². The molecule has 1 amide bonds. The van der Waals surface area contributed by atoms with Gasteiger partial charge in [-0.1, -0.05) is 12.1 Å². The fourth-order valence-electron chi connectivity index (χ4n) is 1.53. The molecule has 1 rings (SSSR count). The summed E-state index contributed by atoms with van der Waals surface area (Å²) < 4.78 is 9.91. The highest BCUT2D eigenvalue weighted by atomic mass is 16.5. The standard InChI is InChI=1S/C14H19NO4/c1-10(2)19-12-7-5-11(6-8-12)9-15(3)13(16)14(17)18-4/h5-8,10H,9H2,1-4H3. The van der Waals surface area contributed by atoms with Crippen molar-refractivity contribution in [3.8, 4) is 5.75 Å². The molecule has 0 unspecified atom stereocenters. The van der Waals surface area contributed by atoms with E-state index < -0.39 is 11.9 Å².